The van der Waals surface area contributed by atoms with Gasteiger partial charge in [-0.2, -0.15) is 0 Å². The Hall–Kier alpha value is -1.46. The molecule has 0 amide bonds. The summed E-state index contributed by atoms with van der Waals surface area (Å²) in [6.45, 7) is 6.42. The molecular formula is C15H22FNO3. The zero-order chi connectivity index (χ0) is 15.3. The van der Waals surface area contributed by atoms with Gasteiger partial charge in [0, 0.05) is 24.7 Å². The highest BCUT2D eigenvalue weighted by Gasteiger charge is 2.16. The molecule has 5 heteroatoms. The largest absolute Gasteiger partial charge is 0.465 e. The first-order chi connectivity index (χ1) is 9.35. The van der Waals surface area contributed by atoms with Gasteiger partial charge in [-0.1, -0.05) is 0 Å². The predicted octanol–water partition coefficient (Wildman–Crippen LogP) is 2.20. The van der Waals surface area contributed by atoms with Gasteiger partial charge in [-0.15, -0.1) is 0 Å². The predicted molar refractivity (Wildman–Crippen MR) is 75.0 cm³/mol. The summed E-state index contributed by atoms with van der Waals surface area (Å²) in [5.41, 5.74) is 0.743. The third-order valence-corrected chi connectivity index (χ3v) is 3.07. The highest BCUT2D eigenvalue weighted by molar-refractivity contribution is 5.89. The molecule has 0 saturated carbocycles. The number of esters is 1. The lowest BCUT2D eigenvalue weighted by atomic mass is 10.1. The molecule has 112 valence electrons. The SMILES string of the molecule is COC(=O)c1ccc(F)c(CN(CC(C)O)C(C)C)c1. The first-order valence-corrected chi connectivity index (χ1v) is 6.64. The molecule has 0 aliphatic carbocycles. The molecule has 4 nitrogen and oxygen atoms in total. The summed E-state index contributed by atoms with van der Waals surface area (Å²) in [5, 5.41) is 9.49. The second-order valence-electron chi connectivity index (χ2n) is 5.17. The van der Waals surface area contributed by atoms with Crippen LogP contribution in [0.3, 0.4) is 0 Å². The number of aliphatic hydroxyl groups excluding tert-OH is 1. The van der Waals surface area contributed by atoms with Crippen molar-refractivity contribution in [3.05, 3.63) is 35.1 Å². The van der Waals surface area contributed by atoms with Crippen molar-refractivity contribution in [2.45, 2.75) is 39.5 Å². The Kier molecular flexibility index (Phi) is 6.10. The zero-order valence-electron chi connectivity index (χ0n) is 12.4. The summed E-state index contributed by atoms with van der Waals surface area (Å²) in [4.78, 5) is 13.4. The molecule has 0 aliphatic heterocycles. The molecule has 0 aromatic heterocycles. The van der Waals surface area contributed by atoms with Gasteiger partial charge in [0.1, 0.15) is 5.82 Å². The van der Waals surface area contributed by atoms with Crippen LogP contribution in [0.4, 0.5) is 4.39 Å². The molecule has 1 unspecified atom stereocenters. The molecule has 0 saturated heterocycles. The van der Waals surface area contributed by atoms with E-state index in [0.717, 1.165) is 0 Å². The number of carbonyl (C=O) groups excluding carboxylic acids is 1. The number of carbonyl (C=O) groups is 1. The molecule has 1 rings (SSSR count). The van der Waals surface area contributed by atoms with E-state index in [1.165, 1.54) is 25.3 Å². The van der Waals surface area contributed by atoms with Crippen LogP contribution in [0.25, 0.3) is 0 Å². The Morgan fingerprint density at radius 3 is 2.55 bits per heavy atom. The molecule has 0 spiro atoms. The molecule has 1 aromatic rings. The van der Waals surface area contributed by atoms with E-state index in [9.17, 15) is 14.3 Å². The first kappa shape index (κ1) is 16.6. The maximum atomic E-state index is 13.9. The maximum Gasteiger partial charge on any atom is 0.337 e. The summed E-state index contributed by atoms with van der Waals surface area (Å²) in [5.74, 6) is -0.855. The fourth-order valence-corrected chi connectivity index (χ4v) is 1.96. The van der Waals surface area contributed by atoms with E-state index in [0.29, 0.717) is 24.2 Å². The van der Waals surface area contributed by atoms with Gasteiger partial charge in [0.05, 0.1) is 18.8 Å². The molecule has 1 atom stereocenters. The molecule has 1 N–H and O–H groups in total. The summed E-state index contributed by atoms with van der Waals surface area (Å²) < 4.78 is 18.5. The highest BCUT2D eigenvalue weighted by atomic mass is 19.1. The van der Waals surface area contributed by atoms with E-state index in [-0.39, 0.29) is 11.9 Å². The molecule has 1 aromatic carbocycles. The number of ether oxygens (including phenoxy) is 1. The third-order valence-electron chi connectivity index (χ3n) is 3.07. The van der Waals surface area contributed by atoms with E-state index >= 15 is 0 Å². The summed E-state index contributed by atoms with van der Waals surface area (Å²) in [6, 6.07) is 4.32. The summed E-state index contributed by atoms with van der Waals surface area (Å²) in [6.07, 6.45) is -0.496. The van der Waals surface area contributed by atoms with E-state index in [1.54, 1.807) is 6.92 Å². The number of aliphatic hydroxyl groups is 1. The van der Waals surface area contributed by atoms with Gasteiger partial charge in [0.25, 0.3) is 0 Å². The second kappa shape index (κ2) is 7.36. The molecule has 0 aliphatic rings. The number of hydrogen-bond donors (Lipinski definition) is 1. The summed E-state index contributed by atoms with van der Waals surface area (Å²) >= 11 is 0. The minimum Gasteiger partial charge on any atom is -0.465 e. The minimum atomic E-state index is -0.496. The van der Waals surface area contributed by atoms with Gasteiger partial charge < -0.3 is 9.84 Å². The Morgan fingerprint density at radius 1 is 1.40 bits per heavy atom. The van der Waals surface area contributed by atoms with Crippen molar-refractivity contribution in [2.24, 2.45) is 0 Å². The zero-order valence-corrected chi connectivity index (χ0v) is 12.4. The van der Waals surface area contributed by atoms with E-state index < -0.39 is 12.1 Å². The van der Waals surface area contributed by atoms with Crippen molar-refractivity contribution >= 4 is 5.97 Å². The minimum absolute atomic E-state index is 0.158. The van der Waals surface area contributed by atoms with Gasteiger partial charge in [-0.25, -0.2) is 9.18 Å². The van der Waals surface area contributed by atoms with Crippen LogP contribution in [0, 0.1) is 5.82 Å². The quantitative estimate of drug-likeness (QED) is 0.813. The van der Waals surface area contributed by atoms with Crippen molar-refractivity contribution in [3.63, 3.8) is 0 Å². The van der Waals surface area contributed by atoms with Crippen LogP contribution in [-0.4, -0.2) is 41.8 Å². The Bertz CT molecular complexity index is 460. The monoisotopic (exact) mass is 283 g/mol. The van der Waals surface area contributed by atoms with Crippen molar-refractivity contribution in [2.75, 3.05) is 13.7 Å². The fraction of sp³-hybridized carbons (Fsp3) is 0.533. The number of halogens is 1. The molecular weight excluding hydrogens is 261 g/mol. The van der Waals surface area contributed by atoms with Crippen LogP contribution in [0.1, 0.15) is 36.7 Å². The summed E-state index contributed by atoms with van der Waals surface area (Å²) in [7, 11) is 1.29. The maximum absolute atomic E-state index is 13.9. The lowest BCUT2D eigenvalue weighted by Crippen LogP contribution is -2.36. The number of benzene rings is 1. The molecule has 0 radical (unpaired) electrons. The van der Waals surface area contributed by atoms with Crippen molar-refractivity contribution < 1.29 is 19.0 Å². The van der Waals surface area contributed by atoms with Crippen LogP contribution in [-0.2, 0) is 11.3 Å². The van der Waals surface area contributed by atoms with E-state index in [4.69, 9.17) is 0 Å². The van der Waals surface area contributed by atoms with Crippen molar-refractivity contribution in [1.29, 1.82) is 0 Å². The topological polar surface area (TPSA) is 49.8 Å². The van der Waals surface area contributed by atoms with Crippen molar-refractivity contribution in [3.8, 4) is 0 Å². The second-order valence-corrected chi connectivity index (χ2v) is 5.17. The molecule has 0 heterocycles. The van der Waals surface area contributed by atoms with Crippen LogP contribution in [0.5, 0.6) is 0 Å². The van der Waals surface area contributed by atoms with Gasteiger partial charge in [0.15, 0.2) is 0 Å². The number of rotatable bonds is 6. The molecule has 0 fully saturated rings. The van der Waals surface area contributed by atoms with Crippen LogP contribution in [0.15, 0.2) is 18.2 Å². The van der Waals surface area contributed by atoms with E-state index in [2.05, 4.69) is 4.74 Å². The van der Waals surface area contributed by atoms with Crippen LogP contribution in [0.2, 0.25) is 0 Å². The Balaban J connectivity index is 2.96. The highest BCUT2D eigenvalue weighted by Crippen LogP contribution is 2.16. The molecule has 20 heavy (non-hydrogen) atoms. The van der Waals surface area contributed by atoms with Crippen LogP contribution < -0.4 is 0 Å². The number of methoxy groups -OCH3 is 1. The lowest BCUT2D eigenvalue weighted by molar-refractivity contribution is 0.0600. The van der Waals surface area contributed by atoms with E-state index in [1.807, 2.05) is 18.7 Å². The average molecular weight is 283 g/mol. The standard InChI is InChI=1S/C15H22FNO3/c1-10(2)17(8-11(3)18)9-13-7-12(15(19)20-4)5-6-14(13)16/h5-7,10-11,18H,8-9H2,1-4H3. The van der Waals surface area contributed by atoms with Crippen LogP contribution >= 0.6 is 0 Å². The molecule has 0 bridgehead atoms. The first-order valence-electron chi connectivity index (χ1n) is 6.64. The Morgan fingerprint density at radius 2 is 2.05 bits per heavy atom. The number of nitrogens with zero attached hydrogens (tertiary/aromatic N) is 1. The number of hydrogen-bond acceptors (Lipinski definition) is 4. The van der Waals surface area contributed by atoms with Gasteiger partial charge in [-0.3, -0.25) is 4.90 Å². The Labute approximate surface area is 119 Å². The van der Waals surface area contributed by atoms with Gasteiger partial charge in [-0.05, 0) is 39.0 Å². The lowest BCUT2D eigenvalue weighted by Gasteiger charge is -2.28. The average Bonchev–Trinajstić information content (AvgIpc) is 2.38. The smallest absolute Gasteiger partial charge is 0.337 e. The van der Waals surface area contributed by atoms with Crippen molar-refractivity contribution in [1.82, 2.24) is 4.90 Å². The van der Waals surface area contributed by atoms with Gasteiger partial charge >= 0.3 is 5.97 Å². The fourth-order valence-electron chi connectivity index (χ4n) is 1.96. The van der Waals surface area contributed by atoms with Gasteiger partial charge in [0.2, 0.25) is 0 Å². The normalized spacial score (nSPS) is 12.8. The third kappa shape index (κ3) is 4.58.